The van der Waals surface area contributed by atoms with Gasteiger partial charge < -0.3 is 5.32 Å². The lowest BCUT2D eigenvalue weighted by atomic mass is 10.0. The van der Waals surface area contributed by atoms with Gasteiger partial charge in [0.2, 0.25) is 15.9 Å². The van der Waals surface area contributed by atoms with E-state index in [9.17, 15) is 13.2 Å². The Bertz CT molecular complexity index is 1210. The van der Waals surface area contributed by atoms with E-state index < -0.39 is 16.1 Å². The zero-order chi connectivity index (χ0) is 23.4. The number of hydrogen-bond acceptors (Lipinski definition) is 4. The molecular weight excluding hydrogens is 458 g/mol. The van der Waals surface area contributed by atoms with Gasteiger partial charge in [0.1, 0.15) is 0 Å². The summed E-state index contributed by atoms with van der Waals surface area (Å²) in [6, 6.07) is 23.4. The molecule has 1 saturated heterocycles. The van der Waals surface area contributed by atoms with Crippen molar-refractivity contribution in [3.05, 3.63) is 83.9 Å². The van der Waals surface area contributed by atoms with Crippen molar-refractivity contribution < 1.29 is 13.2 Å². The molecule has 0 saturated carbocycles. The second-order valence-corrected chi connectivity index (χ2v) is 10.3. The molecule has 4 rings (SSSR count). The first-order chi connectivity index (χ1) is 15.9. The molecule has 6 nitrogen and oxygen atoms in total. The molecule has 0 aromatic heterocycles. The third-order valence-electron chi connectivity index (χ3n) is 5.92. The van der Waals surface area contributed by atoms with Gasteiger partial charge in [0.05, 0.1) is 10.9 Å². The van der Waals surface area contributed by atoms with Crippen molar-refractivity contribution in [1.29, 1.82) is 0 Å². The van der Waals surface area contributed by atoms with Gasteiger partial charge in [-0.2, -0.15) is 4.31 Å². The molecule has 1 N–H and O–H groups in total. The Morgan fingerprint density at radius 2 is 1.48 bits per heavy atom. The number of sulfonamides is 1. The van der Waals surface area contributed by atoms with Gasteiger partial charge in [0, 0.05) is 42.5 Å². The molecule has 3 aromatic carbocycles. The highest BCUT2D eigenvalue weighted by molar-refractivity contribution is 7.89. The lowest BCUT2D eigenvalue weighted by molar-refractivity contribution is -0.121. The number of piperazine rings is 1. The van der Waals surface area contributed by atoms with Crippen molar-refractivity contribution in [2.75, 3.05) is 31.5 Å². The van der Waals surface area contributed by atoms with Crippen LogP contribution < -0.4 is 5.32 Å². The van der Waals surface area contributed by atoms with Crippen molar-refractivity contribution >= 4 is 33.2 Å². The van der Waals surface area contributed by atoms with Crippen molar-refractivity contribution in [1.82, 2.24) is 9.21 Å². The van der Waals surface area contributed by atoms with Crippen LogP contribution >= 0.6 is 11.6 Å². The molecule has 1 amide bonds. The average molecular weight is 484 g/mol. The largest absolute Gasteiger partial charge is 0.324 e. The SMILES string of the molecule is C[C@H](C(=O)Nc1ccccc1-c1ccccc1)N1CCN(S(=O)(=O)c2ccc(Cl)cc2)CC1. The quantitative estimate of drug-likeness (QED) is 0.566. The summed E-state index contributed by atoms with van der Waals surface area (Å²) in [5, 5.41) is 3.55. The summed E-state index contributed by atoms with van der Waals surface area (Å²) in [6.07, 6.45) is 0. The zero-order valence-corrected chi connectivity index (χ0v) is 19.9. The Kier molecular flexibility index (Phi) is 7.14. The maximum absolute atomic E-state index is 13.0. The predicted octanol–water partition coefficient (Wildman–Crippen LogP) is 4.34. The fourth-order valence-electron chi connectivity index (χ4n) is 3.95. The maximum atomic E-state index is 13.0. The molecule has 8 heteroatoms. The number of benzene rings is 3. The van der Waals surface area contributed by atoms with Crippen LogP contribution in [0.5, 0.6) is 0 Å². The number of nitrogens with one attached hydrogen (secondary N) is 1. The van der Waals surface area contributed by atoms with Gasteiger partial charge in [0.25, 0.3) is 0 Å². The fourth-order valence-corrected chi connectivity index (χ4v) is 5.50. The highest BCUT2D eigenvalue weighted by atomic mass is 35.5. The Morgan fingerprint density at radius 1 is 0.879 bits per heavy atom. The normalized spacial score (nSPS) is 16.3. The van der Waals surface area contributed by atoms with Crippen LogP contribution in [0.2, 0.25) is 5.02 Å². The van der Waals surface area contributed by atoms with E-state index in [-0.39, 0.29) is 10.8 Å². The summed E-state index contributed by atoms with van der Waals surface area (Å²) in [7, 11) is -3.59. The van der Waals surface area contributed by atoms with Crippen LogP contribution in [0.1, 0.15) is 6.92 Å². The summed E-state index contributed by atoms with van der Waals surface area (Å²) >= 11 is 5.88. The number of carbonyl (C=O) groups is 1. The molecular formula is C25H26ClN3O3S. The molecule has 0 unspecified atom stereocenters. The molecule has 0 aliphatic carbocycles. The van der Waals surface area contributed by atoms with Crippen molar-refractivity contribution in [3.63, 3.8) is 0 Å². The van der Waals surface area contributed by atoms with E-state index in [0.29, 0.717) is 31.2 Å². The molecule has 3 aromatic rings. The molecule has 1 aliphatic heterocycles. The number of rotatable bonds is 6. The van der Waals surface area contributed by atoms with E-state index in [4.69, 9.17) is 11.6 Å². The summed E-state index contributed by atoms with van der Waals surface area (Å²) in [4.78, 5) is 15.3. The monoisotopic (exact) mass is 483 g/mol. The second-order valence-electron chi connectivity index (χ2n) is 7.97. The summed E-state index contributed by atoms with van der Waals surface area (Å²) in [5.74, 6) is -0.118. The standard InChI is InChI=1S/C25H26ClN3O3S/c1-19(25(30)27-24-10-6-5-9-23(24)20-7-3-2-4-8-20)28-15-17-29(18-16-28)33(31,32)22-13-11-21(26)12-14-22/h2-14,19H,15-18H2,1H3,(H,27,30)/t19-/m1/s1. The minimum absolute atomic E-state index is 0.118. The maximum Gasteiger partial charge on any atom is 0.243 e. The topological polar surface area (TPSA) is 69.7 Å². The molecule has 1 fully saturated rings. The number of halogens is 1. The smallest absolute Gasteiger partial charge is 0.243 e. The summed E-state index contributed by atoms with van der Waals surface area (Å²) in [5.41, 5.74) is 2.74. The number of nitrogens with zero attached hydrogens (tertiary/aromatic N) is 2. The van der Waals surface area contributed by atoms with Crippen molar-refractivity contribution in [2.24, 2.45) is 0 Å². The van der Waals surface area contributed by atoms with Gasteiger partial charge in [-0.05, 0) is 42.8 Å². The van der Waals surface area contributed by atoms with Crippen LogP contribution in [-0.4, -0.2) is 55.8 Å². The lowest BCUT2D eigenvalue weighted by Crippen LogP contribution is -2.53. The Morgan fingerprint density at radius 3 is 2.15 bits per heavy atom. The average Bonchev–Trinajstić information content (AvgIpc) is 2.85. The van der Waals surface area contributed by atoms with Crippen LogP contribution in [-0.2, 0) is 14.8 Å². The summed E-state index contributed by atoms with van der Waals surface area (Å²) < 4.78 is 27.3. The molecule has 0 bridgehead atoms. The minimum Gasteiger partial charge on any atom is -0.324 e. The highest BCUT2D eigenvalue weighted by Crippen LogP contribution is 2.28. The first-order valence-corrected chi connectivity index (χ1v) is 12.6. The van der Waals surface area contributed by atoms with Gasteiger partial charge in [-0.25, -0.2) is 8.42 Å². The van der Waals surface area contributed by atoms with Gasteiger partial charge >= 0.3 is 0 Å². The van der Waals surface area contributed by atoms with Crippen LogP contribution in [0.4, 0.5) is 5.69 Å². The molecule has 172 valence electrons. The molecule has 0 spiro atoms. The zero-order valence-electron chi connectivity index (χ0n) is 18.3. The van der Waals surface area contributed by atoms with E-state index in [1.165, 1.54) is 16.4 Å². The Balaban J connectivity index is 1.40. The van der Waals surface area contributed by atoms with E-state index in [1.807, 2.05) is 66.4 Å². The molecule has 1 atom stereocenters. The van der Waals surface area contributed by atoms with Gasteiger partial charge in [0.15, 0.2) is 0 Å². The number of amides is 1. The van der Waals surface area contributed by atoms with Crippen LogP contribution in [0.15, 0.2) is 83.8 Å². The first-order valence-electron chi connectivity index (χ1n) is 10.8. The third-order valence-corrected chi connectivity index (χ3v) is 8.09. The molecule has 33 heavy (non-hydrogen) atoms. The van der Waals surface area contributed by atoms with Crippen LogP contribution in [0.25, 0.3) is 11.1 Å². The number of carbonyl (C=O) groups excluding carboxylic acids is 1. The number of hydrogen-bond donors (Lipinski definition) is 1. The van der Waals surface area contributed by atoms with Crippen molar-refractivity contribution in [2.45, 2.75) is 17.9 Å². The van der Waals surface area contributed by atoms with E-state index in [1.54, 1.807) is 12.1 Å². The Labute approximate surface area is 199 Å². The van der Waals surface area contributed by atoms with E-state index in [2.05, 4.69) is 5.32 Å². The Hall–Kier alpha value is -2.71. The van der Waals surface area contributed by atoms with Gasteiger partial charge in [-0.15, -0.1) is 0 Å². The first kappa shape index (κ1) is 23.4. The van der Waals surface area contributed by atoms with Crippen LogP contribution in [0, 0.1) is 0 Å². The second kappa shape index (κ2) is 10.1. The summed E-state index contributed by atoms with van der Waals surface area (Å²) in [6.45, 7) is 3.44. The molecule has 1 heterocycles. The van der Waals surface area contributed by atoms with Gasteiger partial charge in [-0.1, -0.05) is 60.1 Å². The van der Waals surface area contributed by atoms with E-state index in [0.717, 1.165) is 16.8 Å². The van der Waals surface area contributed by atoms with Gasteiger partial charge in [-0.3, -0.25) is 9.69 Å². The van der Waals surface area contributed by atoms with Crippen LogP contribution in [0.3, 0.4) is 0 Å². The number of para-hydroxylation sites is 1. The minimum atomic E-state index is -3.59. The number of anilines is 1. The molecule has 0 radical (unpaired) electrons. The fraction of sp³-hybridized carbons (Fsp3) is 0.240. The van der Waals surface area contributed by atoms with Crippen molar-refractivity contribution in [3.8, 4) is 11.1 Å². The molecule has 1 aliphatic rings. The third kappa shape index (κ3) is 5.28. The van der Waals surface area contributed by atoms with E-state index >= 15 is 0 Å². The highest BCUT2D eigenvalue weighted by Gasteiger charge is 2.32. The lowest BCUT2D eigenvalue weighted by Gasteiger charge is -2.36. The predicted molar refractivity (Wildman–Crippen MR) is 132 cm³/mol.